The Morgan fingerprint density at radius 3 is 2.73 bits per heavy atom. The Labute approximate surface area is 193 Å². The predicted molar refractivity (Wildman–Crippen MR) is 119 cm³/mol. The minimum absolute atomic E-state index is 0.0251. The van der Waals surface area contributed by atoms with Gasteiger partial charge in [-0.3, -0.25) is 19.3 Å². The van der Waals surface area contributed by atoms with E-state index in [0.29, 0.717) is 43.5 Å². The number of halogens is 1. The molecule has 0 unspecified atom stereocenters. The average Bonchev–Trinajstić information content (AvgIpc) is 2.81. The van der Waals surface area contributed by atoms with Gasteiger partial charge in [-0.1, -0.05) is 11.6 Å². The molecule has 1 aliphatic rings. The van der Waals surface area contributed by atoms with Crippen molar-refractivity contribution in [1.82, 2.24) is 4.90 Å². The van der Waals surface area contributed by atoms with Crippen LogP contribution < -0.4 is 10.9 Å². The molecule has 33 heavy (non-hydrogen) atoms. The lowest BCUT2D eigenvalue weighted by atomic mass is 9.92. The van der Waals surface area contributed by atoms with E-state index in [1.165, 1.54) is 25.5 Å². The van der Waals surface area contributed by atoms with Gasteiger partial charge in [0, 0.05) is 29.7 Å². The van der Waals surface area contributed by atoms with Crippen LogP contribution >= 0.6 is 11.6 Å². The Morgan fingerprint density at radius 1 is 1.24 bits per heavy atom. The quantitative estimate of drug-likeness (QED) is 0.536. The Bertz CT molecular complexity index is 1290. The molecular formula is C23H22ClNO8. The molecule has 1 N–H and O–H groups in total. The number of aromatic hydroxyl groups is 1. The first kappa shape index (κ1) is 23.0. The smallest absolute Gasteiger partial charge is 0.306 e. The molecule has 0 bridgehead atoms. The number of carbonyl (C=O) groups is 1. The number of rotatable bonds is 6. The highest BCUT2D eigenvalue weighted by atomic mass is 35.5. The SMILES string of the molecule is COC(=O)C[C@@H](c1oc(CN2CCOCC2)cc(=O)c1O)c1coc2ccc(Cl)cc2c1=O. The summed E-state index contributed by atoms with van der Waals surface area (Å²) in [5.41, 5.74) is -0.815. The van der Waals surface area contributed by atoms with Crippen LogP contribution in [0.2, 0.25) is 5.02 Å². The molecule has 1 saturated heterocycles. The fraction of sp³-hybridized carbons (Fsp3) is 0.348. The van der Waals surface area contributed by atoms with Crippen molar-refractivity contribution in [2.45, 2.75) is 18.9 Å². The van der Waals surface area contributed by atoms with Gasteiger partial charge in [-0.25, -0.2) is 0 Å². The maximum absolute atomic E-state index is 13.3. The second-order valence-corrected chi connectivity index (χ2v) is 8.11. The van der Waals surface area contributed by atoms with E-state index in [-0.39, 0.29) is 28.9 Å². The Kier molecular flexibility index (Phi) is 6.83. The van der Waals surface area contributed by atoms with Gasteiger partial charge in [-0.05, 0) is 18.2 Å². The maximum atomic E-state index is 13.3. The second kappa shape index (κ2) is 9.78. The van der Waals surface area contributed by atoms with Gasteiger partial charge in [-0.2, -0.15) is 0 Å². The third-order valence-electron chi connectivity index (χ3n) is 5.53. The number of methoxy groups -OCH3 is 1. The molecule has 0 radical (unpaired) electrons. The van der Waals surface area contributed by atoms with E-state index >= 15 is 0 Å². The summed E-state index contributed by atoms with van der Waals surface area (Å²) in [5, 5.41) is 11.1. The molecule has 3 heterocycles. The molecule has 0 spiro atoms. The summed E-state index contributed by atoms with van der Waals surface area (Å²) in [6.07, 6.45) is 0.838. The van der Waals surface area contributed by atoms with Crippen LogP contribution in [0.1, 0.15) is 29.4 Å². The van der Waals surface area contributed by atoms with Crippen molar-refractivity contribution in [2.75, 3.05) is 33.4 Å². The average molecular weight is 476 g/mol. The van der Waals surface area contributed by atoms with E-state index in [4.69, 9.17) is 29.9 Å². The molecule has 174 valence electrons. The number of benzene rings is 1. The molecule has 9 nitrogen and oxygen atoms in total. The third kappa shape index (κ3) is 4.95. The van der Waals surface area contributed by atoms with Gasteiger partial charge in [0.15, 0.2) is 11.2 Å². The number of hydrogen-bond acceptors (Lipinski definition) is 9. The first-order valence-electron chi connectivity index (χ1n) is 10.3. The van der Waals surface area contributed by atoms with Crippen LogP contribution in [-0.4, -0.2) is 49.4 Å². The van der Waals surface area contributed by atoms with Crippen molar-refractivity contribution >= 4 is 28.5 Å². The van der Waals surface area contributed by atoms with Crippen LogP contribution in [-0.2, 0) is 20.8 Å². The van der Waals surface area contributed by atoms with Gasteiger partial charge in [-0.15, -0.1) is 0 Å². The third-order valence-corrected chi connectivity index (χ3v) is 5.77. The lowest BCUT2D eigenvalue weighted by molar-refractivity contribution is -0.140. The number of hydrogen-bond donors (Lipinski definition) is 1. The van der Waals surface area contributed by atoms with Crippen molar-refractivity contribution in [3.05, 3.63) is 73.1 Å². The molecule has 0 amide bonds. The van der Waals surface area contributed by atoms with E-state index in [0.717, 1.165) is 0 Å². The Balaban J connectivity index is 1.83. The lowest BCUT2D eigenvalue weighted by Gasteiger charge is -2.26. The largest absolute Gasteiger partial charge is 0.502 e. The minimum atomic E-state index is -1.12. The first-order valence-corrected chi connectivity index (χ1v) is 10.7. The van der Waals surface area contributed by atoms with Crippen molar-refractivity contribution in [3.63, 3.8) is 0 Å². The fourth-order valence-corrected chi connectivity index (χ4v) is 3.97. The van der Waals surface area contributed by atoms with Gasteiger partial charge >= 0.3 is 5.97 Å². The molecule has 2 aromatic heterocycles. The van der Waals surface area contributed by atoms with Crippen molar-refractivity contribution in [3.8, 4) is 5.75 Å². The fourth-order valence-electron chi connectivity index (χ4n) is 3.80. The van der Waals surface area contributed by atoms with Gasteiger partial charge in [0.05, 0.1) is 50.9 Å². The molecular weight excluding hydrogens is 454 g/mol. The highest BCUT2D eigenvalue weighted by Gasteiger charge is 2.30. The molecule has 1 aliphatic heterocycles. The highest BCUT2D eigenvalue weighted by Crippen LogP contribution is 2.33. The lowest BCUT2D eigenvalue weighted by Crippen LogP contribution is -2.35. The van der Waals surface area contributed by atoms with E-state index in [1.54, 1.807) is 12.1 Å². The van der Waals surface area contributed by atoms with Crippen molar-refractivity contribution in [2.24, 2.45) is 0 Å². The highest BCUT2D eigenvalue weighted by molar-refractivity contribution is 6.31. The summed E-state index contributed by atoms with van der Waals surface area (Å²) in [7, 11) is 1.20. The molecule has 1 atom stereocenters. The zero-order valence-corrected chi connectivity index (χ0v) is 18.6. The normalized spacial score (nSPS) is 15.5. The zero-order chi connectivity index (χ0) is 23.5. The van der Waals surface area contributed by atoms with Gasteiger partial charge in [0.1, 0.15) is 11.3 Å². The van der Waals surface area contributed by atoms with Crippen LogP contribution in [0.25, 0.3) is 11.0 Å². The number of esters is 1. The van der Waals surface area contributed by atoms with Crippen molar-refractivity contribution < 1.29 is 28.2 Å². The summed E-state index contributed by atoms with van der Waals surface area (Å²) in [6.45, 7) is 2.72. The van der Waals surface area contributed by atoms with Gasteiger partial charge < -0.3 is 23.4 Å². The second-order valence-electron chi connectivity index (χ2n) is 7.67. The maximum Gasteiger partial charge on any atom is 0.306 e. The van der Waals surface area contributed by atoms with E-state index in [9.17, 15) is 19.5 Å². The first-order chi connectivity index (χ1) is 15.9. The summed E-state index contributed by atoms with van der Waals surface area (Å²) in [6, 6.07) is 5.79. The zero-order valence-electron chi connectivity index (χ0n) is 17.8. The molecule has 4 rings (SSSR count). The van der Waals surface area contributed by atoms with Gasteiger partial charge in [0.25, 0.3) is 0 Å². The number of carbonyl (C=O) groups excluding carboxylic acids is 1. The van der Waals surface area contributed by atoms with E-state index < -0.39 is 28.5 Å². The van der Waals surface area contributed by atoms with E-state index in [1.807, 2.05) is 4.90 Å². The van der Waals surface area contributed by atoms with Gasteiger partial charge in [0.2, 0.25) is 11.2 Å². The summed E-state index contributed by atoms with van der Waals surface area (Å²) in [5.74, 6) is -2.37. The van der Waals surface area contributed by atoms with Crippen LogP contribution in [0, 0.1) is 0 Å². The number of fused-ring (bicyclic) bond motifs is 1. The van der Waals surface area contributed by atoms with E-state index in [2.05, 4.69) is 0 Å². The summed E-state index contributed by atoms with van der Waals surface area (Å²) in [4.78, 5) is 40.0. The molecule has 0 saturated carbocycles. The minimum Gasteiger partial charge on any atom is -0.502 e. The Hall–Kier alpha value is -3.14. The molecule has 10 heteroatoms. The predicted octanol–water partition coefficient (Wildman–Crippen LogP) is 2.63. The number of nitrogens with zero attached hydrogens (tertiary/aromatic N) is 1. The topological polar surface area (TPSA) is 119 Å². The Morgan fingerprint density at radius 2 is 2.00 bits per heavy atom. The molecule has 1 aromatic carbocycles. The van der Waals surface area contributed by atoms with Crippen LogP contribution in [0.4, 0.5) is 0 Å². The molecule has 1 fully saturated rings. The van der Waals surface area contributed by atoms with Crippen LogP contribution in [0.3, 0.4) is 0 Å². The monoisotopic (exact) mass is 475 g/mol. The summed E-state index contributed by atoms with van der Waals surface area (Å²) < 4.78 is 21.6. The van der Waals surface area contributed by atoms with Crippen LogP contribution in [0.5, 0.6) is 5.75 Å². The number of morpholine rings is 1. The summed E-state index contributed by atoms with van der Waals surface area (Å²) >= 11 is 6.04. The number of ether oxygens (including phenoxy) is 2. The standard InChI is InChI=1S/C23H22ClNO8/c1-30-20(27)10-15(17-12-32-19-3-2-13(24)8-16(19)21(17)28)23-22(29)18(26)9-14(33-23)11-25-4-6-31-7-5-25/h2-3,8-9,12,15,29H,4-7,10-11H2,1H3/t15-/m1/s1. The van der Waals surface area contributed by atoms with Crippen LogP contribution in [0.15, 0.2) is 49.0 Å². The molecule has 0 aliphatic carbocycles. The van der Waals surface area contributed by atoms with Crippen molar-refractivity contribution in [1.29, 1.82) is 0 Å². The molecule has 3 aromatic rings.